The van der Waals surface area contributed by atoms with E-state index in [1.807, 2.05) is 30.0 Å². The Morgan fingerprint density at radius 1 is 1.09 bits per heavy atom. The molecule has 0 atom stereocenters. The average molecular weight is 305 g/mol. The van der Waals surface area contributed by atoms with Crippen molar-refractivity contribution in [2.24, 2.45) is 0 Å². The number of hydrogen-bond acceptors (Lipinski definition) is 3. The number of nitrogens with zero attached hydrogens (tertiary/aromatic N) is 2. The Hall–Kier alpha value is -1.55. The molecule has 4 nitrogen and oxygen atoms in total. The predicted octanol–water partition coefficient (Wildman–Crippen LogP) is 3.20. The van der Waals surface area contributed by atoms with Crippen molar-refractivity contribution in [1.29, 1.82) is 0 Å². The molecule has 0 aliphatic heterocycles. The van der Waals surface area contributed by atoms with Crippen LogP contribution in [0.5, 0.6) is 0 Å². The third-order valence-electron chi connectivity index (χ3n) is 4.21. The molecule has 1 rings (SSSR count). The van der Waals surface area contributed by atoms with Crippen LogP contribution in [0.4, 0.5) is 5.69 Å². The van der Waals surface area contributed by atoms with Crippen LogP contribution in [-0.2, 0) is 0 Å². The zero-order valence-electron chi connectivity index (χ0n) is 14.7. The van der Waals surface area contributed by atoms with Gasteiger partial charge in [0.2, 0.25) is 0 Å². The SMILES string of the molecule is CCN(CC)CCN(CC)C(=O)c1ccc(C(C)C)c(N)c1. The fraction of sp³-hybridized carbons (Fsp3) is 0.611. The lowest BCUT2D eigenvalue weighted by Gasteiger charge is -2.25. The maximum absolute atomic E-state index is 12.7. The minimum atomic E-state index is 0.0664. The van der Waals surface area contributed by atoms with E-state index >= 15 is 0 Å². The zero-order chi connectivity index (χ0) is 16.7. The van der Waals surface area contributed by atoms with Gasteiger partial charge in [0.15, 0.2) is 0 Å². The van der Waals surface area contributed by atoms with Gasteiger partial charge in [-0.05, 0) is 43.6 Å². The Morgan fingerprint density at radius 2 is 1.73 bits per heavy atom. The highest BCUT2D eigenvalue weighted by Crippen LogP contribution is 2.23. The summed E-state index contributed by atoms with van der Waals surface area (Å²) in [6.07, 6.45) is 0. The van der Waals surface area contributed by atoms with Gasteiger partial charge in [-0.15, -0.1) is 0 Å². The first-order chi connectivity index (χ1) is 10.4. The summed E-state index contributed by atoms with van der Waals surface area (Å²) in [5.74, 6) is 0.436. The standard InChI is InChI=1S/C18H31N3O/c1-6-20(7-2)11-12-21(8-3)18(22)15-9-10-16(14(4)5)17(19)13-15/h9-10,13-14H,6-8,11-12,19H2,1-5H3. The monoisotopic (exact) mass is 305 g/mol. The second kappa shape index (κ2) is 8.79. The van der Waals surface area contributed by atoms with Gasteiger partial charge >= 0.3 is 0 Å². The van der Waals surface area contributed by atoms with Gasteiger partial charge in [0, 0.05) is 30.9 Å². The molecule has 0 radical (unpaired) electrons. The number of benzene rings is 1. The van der Waals surface area contributed by atoms with Crippen LogP contribution in [0.3, 0.4) is 0 Å². The second-order valence-corrected chi connectivity index (χ2v) is 5.91. The first kappa shape index (κ1) is 18.5. The summed E-state index contributed by atoms with van der Waals surface area (Å²) < 4.78 is 0. The van der Waals surface area contributed by atoms with E-state index in [1.165, 1.54) is 0 Å². The summed E-state index contributed by atoms with van der Waals surface area (Å²) in [6, 6.07) is 5.69. The quantitative estimate of drug-likeness (QED) is 0.750. The molecule has 2 N–H and O–H groups in total. The average Bonchev–Trinajstić information content (AvgIpc) is 2.50. The molecule has 0 saturated carbocycles. The highest BCUT2D eigenvalue weighted by Gasteiger charge is 2.16. The molecule has 22 heavy (non-hydrogen) atoms. The zero-order valence-corrected chi connectivity index (χ0v) is 14.7. The van der Waals surface area contributed by atoms with Crippen LogP contribution in [0.2, 0.25) is 0 Å². The van der Waals surface area contributed by atoms with Crippen molar-refractivity contribution in [3.63, 3.8) is 0 Å². The lowest BCUT2D eigenvalue weighted by Crippen LogP contribution is -2.38. The Kier molecular flexibility index (Phi) is 7.39. The smallest absolute Gasteiger partial charge is 0.253 e. The molecular weight excluding hydrogens is 274 g/mol. The maximum atomic E-state index is 12.7. The number of carbonyl (C=O) groups is 1. The van der Waals surface area contributed by atoms with Gasteiger partial charge in [-0.3, -0.25) is 4.79 Å². The van der Waals surface area contributed by atoms with Crippen molar-refractivity contribution in [3.8, 4) is 0 Å². The lowest BCUT2D eigenvalue weighted by atomic mass is 9.99. The molecule has 0 saturated heterocycles. The minimum absolute atomic E-state index is 0.0664. The molecule has 4 heteroatoms. The molecule has 0 aliphatic carbocycles. The number of hydrogen-bond donors (Lipinski definition) is 1. The van der Waals surface area contributed by atoms with Gasteiger partial charge in [0.05, 0.1) is 0 Å². The van der Waals surface area contributed by atoms with E-state index in [9.17, 15) is 4.79 Å². The topological polar surface area (TPSA) is 49.6 Å². The number of likely N-dealkylation sites (N-methyl/N-ethyl adjacent to an activating group) is 2. The van der Waals surface area contributed by atoms with Crippen LogP contribution in [0.15, 0.2) is 18.2 Å². The first-order valence-electron chi connectivity index (χ1n) is 8.35. The molecule has 0 unspecified atom stereocenters. The third kappa shape index (κ3) is 4.73. The van der Waals surface area contributed by atoms with E-state index in [1.54, 1.807) is 0 Å². The number of nitrogen functional groups attached to an aromatic ring is 1. The second-order valence-electron chi connectivity index (χ2n) is 5.91. The van der Waals surface area contributed by atoms with Crippen LogP contribution in [-0.4, -0.2) is 48.4 Å². The van der Waals surface area contributed by atoms with Crippen molar-refractivity contribution in [3.05, 3.63) is 29.3 Å². The van der Waals surface area contributed by atoms with Gasteiger partial charge in [-0.25, -0.2) is 0 Å². The largest absolute Gasteiger partial charge is 0.398 e. The Labute approximate surface area is 135 Å². The number of amides is 1. The predicted molar refractivity (Wildman–Crippen MR) is 94.3 cm³/mol. The fourth-order valence-corrected chi connectivity index (χ4v) is 2.62. The highest BCUT2D eigenvalue weighted by atomic mass is 16.2. The summed E-state index contributed by atoms with van der Waals surface area (Å²) >= 11 is 0. The summed E-state index contributed by atoms with van der Waals surface area (Å²) in [5.41, 5.74) is 8.58. The third-order valence-corrected chi connectivity index (χ3v) is 4.21. The highest BCUT2D eigenvalue weighted by molar-refractivity contribution is 5.95. The van der Waals surface area contributed by atoms with E-state index in [4.69, 9.17) is 5.73 Å². The lowest BCUT2D eigenvalue weighted by molar-refractivity contribution is 0.0747. The van der Waals surface area contributed by atoms with Gasteiger partial charge in [-0.1, -0.05) is 33.8 Å². The molecule has 0 fully saturated rings. The first-order valence-corrected chi connectivity index (χ1v) is 8.35. The molecule has 0 heterocycles. The van der Waals surface area contributed by atoms with Gasteiger partial charge in [-0.2, -0.15) is 0 Å². The van der Waals surface area contributed by atoms with Crippen molar-refractivity contribution < 1.29 is 4.79 Å². The van der Waals surface area contributed by atoms with Crippen molar-refractivity contribution in [1.82, 2.24) is 9.80 Å². The van der Waals surface area contributed by atoms with E-state index < -0.39 is 0 Å². The van der Waals surface area contributed by atoms with Crippen molar-refractivity contribution in [2.75, 3.05) is 38.5 Å². The van der Waals surface area contributed by atoms with Gasteiger partial charge < -0.3 is 15.5 Å². The fourth-order valence-electron chi connectivity index (χ4n) is 2.62. The molecule has 1 aromatic carbocycles. The van der Waals surface area contributed by atoms with E-state index in [0.717, 1.165) is 31.7 Å². The number of rotatable bonds is 8. The number of anilines is 1. The molecule has 0 aliphatic rings. The molecule has 1 amide bonds. The molecule has 1 aromatic rings. The summed E-state index contributed by atoms with van der Waals surface area (Å²) in [6.45, 7) is 14.9. The van der Waals surface area contributed by atoms with E-state index in [2.05, 4.69) is 32.6 Å². The Balaban J connectivity index is 2.81. The maximum Gasteiger partial charge on any atom is 0.253 e. The summed E-state index contributed by atoms with van der Waals surface area (Å²) in [7, 11) is 0. The van der Waals surface area contributed by atoms with Crippen LogP contribution in [0.25, 0.3) is 0 Å². The van der Waals surface area contributed by atoms with Crippen molar-refractivity contribution in [2.45, 2.75) is 40.5 Å². The molecular formula is C18H31N3O. The van der Waals surface area contributed by atoms with E-state index in [0.29, 0.717) is 23.7 Å². The molecule has 0 aromatic heterocycles. The minimum Gasteiger partial charge on any atom is -0.398 e. The number of carbonyl (C=O) groups excluding carboxylic acids is 1. The molecule has 0 bridgehead atoms. The van der Waals surface area contributed by atoms with Gasteiger partial charge in [0.25, 0.3) is 5.91 Å². The van der Waals surface area contributed by atoms with Gasteiger partial charge in [0.1, 0.15) is 0 Å². The Morgan fingerprint density at radius 3 is 2.18 bits per heavy atom. The van der Waals surface area contributed by atoms with Crippen LogP contribution >= 0.6 is 0 Å². The number of nitrogens with two attached hydrogens (primary N) is 1. The van der Waals surface area contributed by atoms with E-state index in [-0.39, 0.29) is 5.91 Å². The molecule has 124 valence electrons. The van der Waals surface area contributed by atoms with Crippen molar-refractivity contribution >= 4 is 11.6 Å². The Bertz CT molecular complexity index is 481. The van der Waals surface area contributed by atoms with Crippen LogP contribution in [0.1, 0.15) is 56.5 Å². The van der Waals surface area contributed by atoms with Crippen LogP contribution < -0.4 is 5.73 Å². The van der Waals surface area contributed by atoms with Crippen LogP contribution in [0, 0.1) is 0 Å². The summed E-state index contributed by atoms with van der Waals surface area (Å²) in [4.78, 5) is 16.9. The summed E-state index contributed by atoms with van der Waals surface area (Å²) in [5, 5.41) is 0. The molecule has 0 spiro atoms. The normalized spacial score (nSPS) is 11.2.